The van der Waals surface area contributed by atoms with E-state index in [2.05, 4.69) is 0 Å². The van der Waals surface area contributed by atoms with Crippen LogP contribution >= 0.6 is 11.3 Å². The summed E-state index contributed by atoms with van der Waals surface area (Å²) < 4.78 is 227. The molecular formula is C46H29NOS. The topological polar surface area (TPSA) is 16.4 Å². The van der Waals surface area contributed by atoms with Crippen LogP contribution in [0.1, 0.15) is 34.3 Å². The van der Waals surface area contributed by atoms with Gasteiger partial charge in [-0.2, -0.15) is 0 Å². The lowest BCUT2D eigenvalue weighted by atomic mass is 9.98. The molecule has 0 atom stereocenters. The summed E-state index contributed by atoms with van der Waals surface area (Å²) in [5, 5.41) is -1.88. The third-order valence-electron chi connectivity index (χ3n) is 7.84. The molecule has 0 spiro atoms. The van der Waals surface area contributed by atoms with Crippen LogP contribution in [0.3, 0.4) is 0 Å². The van der Waals surface area contributed by atoms with E-state index in [9.17, 15) is 11.0 Å². The summed E-state index contributed by atoms with van der Waals surface area (Å²) >= 11 is 0.696. The van der Waals surface area contributed by atoms with Gasteiger partial charge in [0.15, 0.2) is 0 Å². The molecule has 0 N–H and O–H groups in total. The van der Waals surface area contributed by atoms with Gasteiger partial charge in [0.25, 0.3) is 0 Å². The molecule has 0 amide bonds. The first-order chi connectivity index (χ1) is 34.7. The zero-order chi connectivity index (χ0) is 54.1. The number of thiophene rings is 1. The Labute approximate surface area is 322 Å². The molecule has 0 aliphatic rings. The molecule has 0 saturated carbocycles. The predicted octanol–water partition coefficient (Wildman–Crippen LogP) is 13.9. The third-order valence-corrected chi connectivity index (χ3v) is 8.95. The van der Waals surface area contributed by atoms with Gasteiger partial charge in [-0.15, -0.1) is 11.3 Å². The zero-order valence-electron chi connectivity index (χ0n) is 49.6. The maximum absolute atomic E-state index is 9.64. The van der Waals surface area contributed by atoms with Gasteiger partial charge in [0, 0.05) is 37.6 Å². The Hall–Kier alpha value is -6.16. The van der Waals surface area contributed by atoms with Crippen molar-refractivity contribution in [2.24, 2.45) is 0 Å². The van der Waals surface area contributed by atoms with E-state index in [1.807, 2.05) is 0 Å². The van der Waals surface area contributed by atoms with Crippen LogP contribution in [-0.4, -0.2) is 0 Å². The Morgan fingerprint density at radius 2 is 1.18 bits per heavy atom. The van der Waals surface area contributed by atoms with Gasteiger partial charge < -0.3 is 9.32 Å². The quantitative estimate of drug-likeness (QED) is 0.181. The molecule has 230 valence electrons. The van der Waals surface area contributed by atoms with Gasteiger partial charge in [0.1, 0.15) is 11.2 Å². The van der Waals surface area contributed by atoms with Crippen molar-refractivity contribution in [1.29, 1.82) is 0 Å². The summed E-state index contributed by atoms with van der Waals surface area (Å²) in [6.45, 7) is 0. The van der Waals surface area contributed by atoms with Gasteiger partial charge in [-0.25, -0.2) is 0 Å². The Balaban J connectivity index is 1.30. The van der Waals surface area contributed by atoms with Gasteiger partial charge in [0.2, 0.25) is 0 Å². The third kappa shape index (κ3) is 4.62. The van der Waals surface area contributed by atoms with Crippen LogP contribution in [-0.2, 0) is 0 Å². The van der Waals surface area contributed by atoms with E-state index in [0.717, 1.165) is 4.90 Å². The number of nitrogens with zero attached hydrogens (tertiary/aromatic N) is 1. The maximum Gasteiger partial charge on any atom is 0.136 e. The van der Waals surface area contributed by atoms with Crippen molar-refractivity contribution in [3.63, 3.8) is 0 Å². The maximum atomic E-state index is 9.64. The highest BCUT2D eigenvalue weighted by molar-refractivity contribution is 7.26. The molecule has 2 aromatic heterocycles. The van der Waals surface area contributed by atoms with E-state index in [0.29, 0.717) is 11.3 Å². The summed E-state index contributed by atoms with van der Waals surface area (Å²) in [4.78, 5) is 1.01. The average Bonchev–Trinajstić information content (AvgIpc) is 3.98. The molecule has 0 aliphatic carbocycles. The number of furan rings is 1. The largest absolute Gasteiger partial charge is 0.456 e. The molecule has 49 heavy (non-hydrogen) atoms. The van der Waals surface area contributed by atoms with Crippen LogP contribution in [0.4, 0.5) is 17.1 Å². The minimum absolute atomic E-state index is 0.0733. The number of hydrogen-bond acceptors (Lipinski definition) is 3. The fourth-order valence-corrected chi connectivity index (χ4v) is 6.69. The van der Waals surface area contributed by atoms with Crippen LogP contribution in [0.2, 0.25) is 0 Å². The lowest BCUT2D eigenvalue weighted by molar-refractivity contribution is 0.669. The van der Waals surface area contributed by atoms with Gasteiger partial charge in [-0.3, -0.25) is 0 Å². The normalized spacial score (nSPS) is 18.8. The second-order valence-electron chi connectivity index (χ2n) is 10.6. The fraction of sp³-hybridized carbons (Fsp3) is 0. The van der Waals surface area contributed by atoms with Gasteiger partial charge in [-0.05, 0) is 87.5 Å². The van der Waals surface area contributed by atoms with Crippen LogP contribution in [0.25, 0.3) is 75.1 Å². The zero-order valence-corrected chi connectivity index (χ0v) is 25.4. The highest BCUT2D eigenvalue weighted by Gasteiger charge is 2.18. The van der Waals surface area contributed by atoms with Crippen LogP contribution in [0, 0.1) is 0 Å². The molecular weight excluding hydrogens is 615 g/mol. The number of para-hydroxylation sites is 1. The summed E-state index contributed by atoms with van der Waals surface area (Å²) in [6.07, 6.45) is 0. The SMILES string of the molecule is [2H]c1c([2H])c([2H])c(-c2ccc(N(c3c([2H])c([2H])c(-c4c([2H])c([2H])c5c(c4[2H])c([2H])c([2H])c4oc6c([2H])c([2H])c([2H])c([2H])c6c45)c([2H])c3[2H])c3c([2H])c([2H])c([2H])c4c3sc3c([2H])c([2H])c([2H])c([2H])c34)cc2)c([2H])c1[2H]. The molecule has 2 nitrogen and oxygen atoms in total. The van der Waals surface area contributed by atoms with Crippen molar-refractivity contribution in [1.82, 2.24) is 0 Å². The summed E-state index contributed by atoms with van der Waals surface area (Å²) in [5.41, 5.74) is -3.62. The smallest absolute Gasteiger partial charge is 0.136 e. The summed E-state index contributed by atoms with van der Waals surface area (Å²) in [7, 11) is 0. The molecule has 0 unspecified atom stereocenters. The van der Waals surface area contributed by atoms with E-state index < -0.39 is 196 Å². The lowest BCUT2D eigenvalue weighted by Gasteiger charge is -2.26. The molecule has 0 radical (unpaired) electrons. The average molecular weight is 669 g/mol. The first-order valence-corrected chi connectivity index (χ1v) is 15.4. The second-order valence-corrected chi connectivity index (χ2v) is 11.6. The molecule has 3 heteroatoms. The Morgan fingerprint density at radius 3 is 2.04 bits per heavy atom. The van der Waals surface area contributed by atoms with Crippen LogP contribution in [0.5, 0.6) is 0 Å². The van der Waals surface area contributed by atoms with E-state index >= 15 is 0 Å². The molecule has 0 bridgehead atoms. The monoisotopic (exact) mass is 668 g/mol. The number of rotatable bonds is 5. The molecule has 8 aromatic carbocycles. The minimum atomic E-state index is -0.953. The first kappa shape index (κ1) is 12.7. The highest BCUT2D eigenvalue weighted by Crippen LogP contribution is 2.45. The number of fused-ring (bicyclic) bond motifs is 8. The summed E-state index contributed by atoms with van der Waals surface area (Å²) in [6, 6.07) is -12.7. The second kappa shape index (κ2) is 11.2. The van der Waals surface area contributed by atoms with Crippen molar-refractivity contribution < 1.29 is 38.7 Å². The van der Waals surface area contributed by atoms with Crippen molar-refractivity contribution in [2.45, 2.75) is 0 Å². The van der Waals surface area contributed by atoms with Crippen molar-refractivity contribution >= 4 is 81.3 Å². The van der Waals surface area contributed by atoms with E-state index in [1.165, 1.54) is 24.3 Å². The molecule has 0 saturated heterocycles. The standard InChI is InChI=1S/C46H29NOS/c1-2-9-30(10-3-1)31-17-23-35(24-18-31)47(41-14-8-13-39-38-11-5-7-16-44(38)49-46(39)41)36-25-19-32(20-26-36)33-21-27-37-34(29-33)22-28-43-45(37)40-12-4-6-15-42(40)48-43/h1-29H/i1D,2D,3D,4D,5D,6D,7D,8D,9D,10D,11D,12D,13D,14D,15D,16D,19D,20D,21D,22D,25D,26D,27D,28D,29D. The molecule has 10 aromatic rings. The molecule has 0 fully saturated rings. The van der Waals surface area contributed by atoms with Crippen molar-refractivity contribution in [3.05, 3.63) is 175 Å². The van der Waals surface area contributed by atoms with Crippen LogP contribution in [0.15, 0.2) is 180 Å². The Morgan fingerprint density at radius 1 is 0.469 bits per heavy atom. The lowest BCUT2D eigenvalue weighted by Crippen LogP contribution is -2.10. The summed E-state index contributed by atoms with van der Waals surface area (Å²) in [5.74, 6) is 0. The molecule has 10 rings (SSSR count). The predicted molar refractivity (Wildman–Crippen MR) is 210 cm³/mol. The van der Waals surface area contributed by atoms with E-state index in [1.54, 1.807) is 0 Å². The van der Waals surface area contributed by atoms with Gasteiger partial charge in [0.05, 0.1) is 44.7 Å². The van der Waals surface area contributed by atoms with E-state index in [4.69, 9.17) is 27.7 Å². The van der Waals surface area contributed by atoms with Crippen molar-refractivity contribution in [2.75, 3.05) is 4.90 Å². The number of anilines is 3. The first-order valence-electron chi connectivity index (χ1n) is 27.1. The highest BCUT2D eigenvalue weighted by atomic mass is 32.1. The van der Waals surface area contributed by atoms with Crippen LogP contribution < -0.4 is 4.90 Å². The van der Waals surface area contributed by atoms with E-state index in [-0.39, 0.29) is 47.8 Å². The number of benzene rings is 8. The van der Waals surface area contributed by atoms with Crippen molar-refractivity contribution in [3.8, 4) is 22.3 Å². The minimum Gasteiger partial charge on any atom is -0.456 e. The number of hydrogen-bond donors (Lipinski definition) is 0. The van der Waals surface area contributed by atoms with Gasteiger partial charge in [-0.1, -0.05) is 121 Å². The molecule has 2 heterocycles. The Bertz CT molecular complexity index is 4200. The fourth-order valence-electron chi connectivity index (χ4n) is 5.64. The Kier molecular flexibility index (Phi) is 2.91. The van der Waals surface area contributed by atoms with Gasteiger partial charge >= 0.3 is 0 Å². The molecule has 0 aliphatic heterocycles.